The van der Waals surface area contributed by atoms with Crippen LogP contribution in [-0.4, -0.2) is 11.5 Å². The number of halogens is 2. The van der Waals surface area contributed by atoms with Gasteiger partial charge in [-0.05, 0) is 47.1 Å². The summed E-state index contributed by atoms with van der Waals surface area (Å²) in [5.74, 6) is -0.361. The summed E-state index contributed by atoms with van der Waals surface area (Å²) in [4.78, 5) is 10.5. The average molecular weight is 354 g/mol. The average Bonchev–Trinajstić information content (AvgIpc) is 2.42. The molecule has 0 bridgehead atoms. The van der Waals surface area contributed by atoms with Crippen LogP contribution >= 0.6 is 15.9 Å². The summed E-state index contributed by atoms with van der Waals surface area (Å²) in [6.07, 6.45) is 0. The molecule has 0 aliphatic rings. The Bertz CT molecular complexity index is 679. The predicted octanol–water partition coefficient (Wildman–Crippen LogP) is 4.67. The standard InChI is InChI=1S/C14H13BrFN3O2/c1-2-17-10-6-11(8-12(7-10)19(20)21)18-14-4-3-9(16)5-13(14)15/h3-8,17-18H,2H2,1H3. The first-order chi connectivity index (χ1) is 9.99. The van der Waals surface area contributed by atoms with Crippen LogP contribution in [-0.2, 0) is 0 Å². The van der Waals surface area contributed by atoms with Crippen LogP contribution in [0.5, 0.6) is 0 Å². The molecule has 0 unspecified atom stereocenters. The first-order valence-electron chi connectivity index (χ1n) is 6.25. The van der Waals surface area contributed by atoms with E-state index >= 15 is 0 Å². The molecular weight excluding hydrogens is 341 g/mol. The van der Waals surface area contributed by atoms with Crippen molar-refractivity contribution in [2.24, 2.45) is 0 Å². The van der Waals surface area contributed by atoms with Gasteiger partial charge < -0.3 is 10.6 Å². The molecule has 0 aliphatic carbocycles. The number of anilines is 3. The SMILES string of the molecule is CCNc1cc(Nc2ccc(F)cc2Br)cc([N+](=O)[O-])c1. The lowest BCUT2D eigenvalue weighted by Gasteiger charge is -2.11. The van der Waals surface area contributed by atoms with Crippen molar-refractivity contribution in [3.8, 4) is 0 Å². The molecule has 0 atom stereocenters. The lowest BCUT2D eigenvalue weighted by atomic mass is 10.2. The van der Waals surface area contributed by atoms with E-state index in [1.54, 1.807) is 12.1 Å². The largest absolute Gasteiger partial charge is 0.385 e. The molecule has 0 spiro atoms. The Labute approximate surface area is 129 Å². The van der Waals surface area contributed by atoms with Crippen molar-refractivity contribution in [2.45, 2.75) is 6.92 Å². The molecule has 2 rings (SSSR count). The second-order valence-corrected chi connectivity index (χ2v) is 5.16. The molecule has 110 valence electrons. The van der Waals surface area contributed by atoms with Gasteiger partial charge in [0.25, 0.3) is 5.69 Å². The Morgan fingerprint density at radius 2 is 1.95 bits per heavy atom. The summed E-state index contributed by atoms with van der Waals surface area (Å²) in [7, 11) is 0. The Morgan fingerprint density at radius 1 is 1.24 bits per heavy atom. The van der Waals surface area contributed by atoms with Crippen LogP contribution in [0.1, 0.15) is 6.92 Å². The van der Waals surface area contributed by atoms with Crippen LogP contribution in [0, 0.1) is 15.9 Å². The molecule has 0 heterocycles. The molecule has 2 aromatic carbocycles. The molecule has 0 aromatic heterocycles. The van der Waals surface area contributed by atoms with Crippen LogP contribution in [0.15, 0.2) is 40.9 Å². The molecule has 0 amide bonds. The molecule has 0 saturated heterocycles. The van der Waals surface area contributed by atoms with Gasteiger partial charge in [-0.2, -0.15) is 0 Å². The number of hydrogen-bond acceptors (Lipinski definition) is 4. The van der Waals surface area contributed by atoms with Crippen molar-refractivity contribution in [3.05, 3.63) is 56.8 Å². The highest BCUT2D eigenvalue weighted by molar-refractivity contribution is 9.10. The zero-order valence-corrected chi connectivity index (χ0v) is 12.8. The highest BCUT2D eigenvalue weighted by Crippen LogP contribution is 2.30. The molecule has 5 nitrogen and oxygen atoms in total. The van der Waals surface area contributed by atoms with Crippen LogP contribution in [0.4, 0.5) is 27.1 Å². The Balaban J connectivity index is 2.36. The van der Waals surface area contributed by atoms with E-state index in [9.17, 15) is 14.5 Å². The summed E-state index contributed by atoms with van der Waals surface area (Å²) in [5.41, 5.74) is 1.80. The Morgan fingerprint density at radius 3 is 2.57 bits per heavy atom. The van der Waals surface area contributed by atoms with Crippen molar-refractivity contribution in [1.29, 1.82) is 0 Å². The minimum atomic E-state index is -0.453. The van der Waals surface area contributed by atoms with Crippen molar-refractivity contribution in [2.75, 3.05) is 17.2 Å². The predicted molar refractivity (Wildman–Crippen MR) is 84.6 cm³/mol. The Hall–Kier alpha value is -2.15. The number of non-ortho nitro benzene ring substituents is 1. The maximum atomic E-state index is 13.1. The van der Waals surface area contributed by atoms with Gasteiger partial charge in [0, 0.05) is 34.5 Å². The highest BCUT2D eigenvalue weighted by atomic mass is 79.9. The molecule has 0 aliphatic heterocycles. The van der Waals surface area contributed by atoms with Crippen LogP contribution in [0.3, 0.4) is 0 Å². The number of hydrogen-bond donors (Lipinski definition) is 2. The van der Waals surface area contributed by atoms with Crippen molar-refractivity contribution < 1.29 is 9.31 Å². The number of nitrogens with zero attached hydrogens (tertiary/aromatic N) is 1. The van der Waals surface area contributed by atoms with Gasteiger partial charge in [-0.25, -0.2) is 4.39 Å². The highest BCUT2D eigenvalue weighted by Gasteiger charge is 2.11. The minimum absolute atomic E-state index is 0.0193. The third-order valence-corrected chi connectivity index (χ3v) is 3.38. The van der Waals surface area contributed by atoms with Gasteiger partial charge in [-0.3, -0.25) is 10.1 Å². The molecule has 21 heavy (non-hydrogen) atoms. The first-order valence-corrected chi connectivity index (χ1v) is 7.04. The fraction of sp³-hybridized carbons (Fsp3) is 0.143. The molecule has 0 fully saturated rings. The van der Waals surface area contributed by atoms with E-state index < -0.39 is 4.92 Å². The summed E-state index contributed by atoms with van der Waals surface area (Å²) >= 11 is 3.25. The monoisotopic (exact) mass is 353 g/mol. The fourth-order valence-electron chi connectivity index (χ4n) is 1.84. The number of benzene rings is 2. The van der Waals surface area contributed by atoms with Crippen molar-refractivity contribution >= 4 is 38.7 Å². The number of nitro benzene ring substituents is 1. The Kier molecular flexibility index (Phi) is 4.74. The van der Waals surface area contributed by atoms with E-state index in [-0.39, 0.29) is 11.5 Å². The second-order valence-electron chi connectivity index (χ2n) is 4.31. The minimum Gasteiger partial charge on any atom is -0.385 e. The van der Waals surface area contributed by atoms with Gasteiger partial charge >= 0.3 is 0 Å². The second kappa shape index (κ2) is 6.53. The maximum Gasteiger partial charge on any atom is 0.273 e. The van der Waals surface area contributed by atoms with E-state index in [4.69, 9.17) is 0 Å². The normalized spacial score (nSPS) is 10.2. The molecular formula is C14H13BrFN3O2. The van der Waals surface area contributed by atoms with Gasteiger partial charge in [0.05, 0.1) is 10.6 Å². The molecule has 0 radical (unpaired) electrons. The topological polar surface area (TPSA) is 67.2 Å². The zero-order valence-electron chi connectivity index (χ0n) is 11.2. The van der Waals surface area contributed by atoms with Gasteiger partial charge in [-0.15, -0.1) is 0 Å². The quantitative estimate of drug-likeness (QED) is 0.605. The van der Waals surface area contributed by atoms with Gasteiger partial charge in [0.1, 0.15) is 5.82 Å². The van der Waals surface area contributed by atoms with E-state index in [0.29, 0.717) is 28.1 Å². The number of rotatable bonds is 5. The lowest BCUT2D eigenvalue weighted by Crippen LogP contribution is -2.00. The maximum absolute atomic E-state index is 13.1. The van der Waals surface area contributed by atoms with E-state index in [2.05, 4.69) is 26.6 Å². The summed E-state index contributed by atoms with van der Waals surface area (Å²) in [5, 5.41) is 17.0. The van der Waals surface area contributed by atoms with E-state index in [0.717, 1.165) is 0 Å². The van der Waals surface area contributed by atoms with Gasteiger partial charge in [0.15, 0.2) is 0 Å². The van der Waals surface area contributed by atoms with Crippen LogP contribution in [0.2, 0.25) is 0 Å². The van der Waals surface area contributed by atoms with Crippen molar-refractivity contribution in [1.82, 2.24) is 0 Å². The molecule has 2 aromatic rings. The summed E-state index contributed by atoms with van der Waals surface area (Å²) in [6.45, 7) is 2.56. The summed E-state index contributed by atoms with van der Waals surface area (Å²) in [6, 6.07) is 8.85. The van der Waals surface area contributed by atoms with Gasteiger partial charge in [-0.1, -0.05) is 0 Å². The third-order valence-electron chi connectivity index (χ3n) is 2.72. The van der Waals surface area contributed by atoms with Crippen molar-refractivity contribution in [3.63, 3.8) is 0 Å². The smallest absolute Gasteiger partial charge is 0.273 e. The summed E-state index contributed by atoms with van der Waals surface area (Å²) < 4.78 is 13.6. The molecule has 2 N–H and O–H groups in total. The molecule has 7 heteroatoms. The number of nitrogens with one attached hydrogen (secondary N) is 2. The van der Waals surface area contributed by atoms with E-state index in [1.807, 2.05) is 6.92 Å². The van der Waals surface area contributed by atoms with Gasteiger partial charge in [0.2, 0.25) is 0 Å². The van der Waals surface area contributed by atoms with Crippen LogP contribution in [0.25, 0.3) is 0 Å². The van der Waals surface area contributed by atoms with Crippen LogP contribution < -0.4 is 10.6 Å². The zero-order chi connectivity index (χ0) is 15.4. The molecule has 0 saturated carbocycles. The fourth-order valence-corrected chi connectivity index (χ4v) is 2.29. The first kappa shape index (κ1) is 15.2. The third kappa shape index (κ3) is 3.91. The van der Waals surface area contributed by atoms with E-state index in [1.165, 1.54) is 24.3 Å². The lowest BCUT2D eigenvalue weighted by molar-refractivity contribution is -0.384. The number of nitro groups is 1.